The van der Waals surface area contributed by atoms with Crippen molar-refractivity contribution in [2.75, 3.05) is 38.8 Å². The topological polar surface area (TPSA) is 76.6 Å². The molecule has 0 unspecified atom stereocenters. The van der Waals surface area contributed by atoms with E-state index in [-0.39, 0.29) is 5.91 Å². The van der Waals surface area contributed by atoms with E-state index in [1.165, 1.54) is 19.3 Å². The summed E-state index contributed by atoms with van der Waals surface area (Å²) < 4.78 is 10.5. The van der Waals surface area contributed by atoms with Crippen LogP contribution in [0.4, 0.5) is 5.95 Å². The minimum atomic E-state index is -0.166. The Hall–Kier alpha value is -2.83. The van der Waals surface area contributed by atoms with E-state index in [0.29, 0.717) is 36.0 Å². The summed E-state index contributed by atoms with van der Waals surface area (Å²) in [7, 11) is 3.22. The van der Waals surface area contributed by atoms with Gasteiger partial charge in [-0.3, -0.25) is 4.79 Å². The van der Waals surface area contributed by atoms with Crippen molar-refractivity contribution in [1.82, 2.24) is 15.3 Å². The lowest BCUT2D eigenvalue weighted by molar-refractivity contribution is 0.0953. The summed E-state index contributed by atoms with van der Waals surface area (Å²) in [6.45, 7) is 2.48. The van der Waals surface area contributed by atoms with Gasteiger partial charge in [-0.1, -0.05) is 6.07 Å². The summed E-state index contributed by atoms with van der Waals surface area (Å²) in [4.78, 5) is 23.2. The molecule has 0 atom stereocenters. The third-order valence-corrected chi connectivity index (χ3v) is 4.69. The van der Waals surface area contributed by atoms with Crippen LogP contribution in [0.15, 0.2) is 30.6 Å². The lowest BCUT2D eigenvalue weighted by atomic mass is 10.1. The lowest BCUT2D eigenvalue weighted by Gasteiger charge is -2.26. The average Bonchev–Trinajstić information content (AvgIpc) is 2.74. The Kier molecular flexibility index (Phi) is 6.46. The Morgan fingerprint density at radius 2 is 1.78 bits per heavy atom. The molecule has 1 aromatic heterocycles. The van der Waals surface area contributed by atoms with E-state index in [1.54, 1.807) is 26.6 Å². The summed E-state index contributed by atoms with van der Waals surface area (Å²) in [6, 6.07) is 5.74. The van der Waals surface area contributed by atoms with Crippen LogP contribution in [0.25, 0.3) is 0 Å². The zero-order valence-electron chi connectivity index (χ0n) is 15.9. The standard InChI is InChI=1S/C20H26N4O3/c1-26-17-7-6-15(12-18(17)27-2)8-9-21-19(25)16-13-22-20(23-14-16)24-10-4-3-5-11-24/h6-7,12-14H,3-5,8-11H2,1-2H3,(H,21,25). The number of carbonyl (C=O) groups is 1. The van der Waals surface area contributed by atoms with Crippen molar-refractivity contribution in [3.63, 3.8) is 0 Å². The van der Waals surface area contributed by atoms with Crippen molar-refractivity contribution >= 4 is 11.9 Å². The maximum atomic E-state index is 12.3. The first-order valence-corrected chi connectivity index (χ1v) is 9.27. The van der Waals surface area contributed by atoms with Gasteiger partial charge in [-0.15, -0.1) is 0 Å². The zero-order valence-corrected chi connectivity index (χ0v) is 15.9. The molecule has 144 valence electrons. The van der Waals surface area contributed by atoms with Gasteiger partial charge in [-0.2, -0.15) is 0 Å². The van der Waals surface area contributed by atoms with Gasteiger partial charge >= 0.3 is 0 Å². The molecule has 0 spiro atoms. The van der Waals surface area contributed by atoms with Crippen LogP contribution in [0.2, 0.25) is 0 Å². The number of aromatic nitrogens is 2. The third-order valence-electron chi connectivity index (χ3n) is 4.69. The number of nitrogens with zero attached hydrogens (tertiary/aromatic N) is 3. The number of methoxy groups -OCH3 is 2. The molecule has 1 aromatic carbocycles. The minimum absolute atomic E-state index is 0.166. The molecule has 1 amide bonds. The first kappa shape index (κ1) is 18.9. The van der Waals surface area contributed by atoms with Crippen LogP contribution in [0.3, 0.4) is 0 Å². The molecule has 0 radical (unpaired) electrons. The first-order valence-electron chi connectivity index (χ1n) is 9.27. The maximum Gasteiger partial charge on any atom is 0.254 e. The Bertz CT molecular complexity index is 758. The van der Waals surface area contributed by atoms with Crippen LogP contribution >= 0.6 is 0 Å². The van der Waals surface area contributed by atoms with E-state index in [4.69, 9.17) is 9.47 Å². The van der Waals surface area contributed by atoms with Gasteiger partial charge in [0.1, 0.15) is 0 Å². The third kappa shape index (κ3) is 4.87. The summed E-state index contributed by atoms with van der Waals surface area (Å²) in [5.41, 5.74) is 1.53. The largest absolute Gasteiger partial charge is 0.493 e. The van der Waals surface area contributed by atoms with Gasteiger partial charge in [-0.25, -0.2) is 9.97 Å². The number of hydrogen-bond acceptors (Lipinski definition) is 6. The molecule has 2 aromatic rings. The fraction of sp³-hybridized carbons (Fsp3) is 0.450. The number of rotatable bonds is 7. The predicted octanol–water partition coefficient (Wildman–Crippen LogP) is 2.46. The predicted molar refractivity (Wildman–Crippen MR) is 104 cm³/mol. The highest BCUT2D eigenvalue weighted by atomic mass is 16.5. The Balaban J connectivity index is 1.52. The molecule has 1 aliphatic heterocycles. The number of nitrogens with one attached hydrogen (secondary N) is 1. The van der Waals surface area contributed by atoms with E-state index in [2.05, 4.69) is 20.2 Å². The van der Waals surface area contributed by atoms with Gasteiger partial charge in [-0.05, 0) is 43.4 Å². The van der Waals surface area contributed by atoms with E-state index < -0.39 is 0 Å². The molecule has 1 fully saturated rings. The SMILES string of the molecule is COc1ccc(CCNC(=O)c2cnc(N3CCCCC3)nc2)cc1OC. The molecule has 0 aliphatic carbocycles. The first-order chi connectivity index (χ1) is 13.2. The Morgan fingerprint density at radius 1 is 1.07 bits per heavy atom. The Morgan fingerprint density at radius 3 is 2.44 bits per heavy atom. The number of piperidine rings is 1. The van der Waals surface area contributed by atoms with Crippen LogP contribution in [0.1, 0.15) is 35.2 Å². The highest BCUT2D eigenvalue weighted by Crippen LogP contribution is 2.27. The number of benzene rings is 1. The molecule has 7 heteroatoms. The van der Waals surface area contributed by atoms with Crippen LogP contribution in [-0.2, 0) is 6.42 Å². The molecular weight excluding hydrogens is 344 g/mol. The molecule has 1 saturated heterocycles. The lowest BCUT2D eigenvalue weighted by Crippen LogP contribution is -2.31. The van der Waals surface area contributed by atoms with E-state index in [0.717, 1.165) is 18.7 Å². The van der Waals surface area contributed by atoms with E-state index >= 15 is 0 Å². The molecule has 3 rings (SSSR count). The van der Waals surface area contributed by atoms with Gasteiger partial charge in [0.15, 0.2) is 11.5 Å². The minimum Gasteiger partial charge on any atom is -0.493 e. The van der Waals surface area contributed by atoms with E-state index in [9.17, 15) is 4.79 Å². The van der Waals surface area contributed by atoms with Crippen LogP contribution < -0.4 is 19.7 Å². The highest BCUT2D eigenvalue weighted by Gasteiger charge is 2.14. The quantitative estimate of drug-likeness (QED) is 0.807. The molecule has 1 aliphatic rings. The van der Waals surface area contributed by atoms with Crippen LogP contribution in [0, 0.1) is 0 Å². The smallest absolute Gasteiger partial charge is 0.254 e. The highest BCUT2D eigenvalue weighted by molar-refractivity contribution is 5.93. The molecule has 27 heavy (non-hydrogen) atoms. The van der Waals surface area contributed by atoms with Gasteiger partial charge in [0.2, 0.25) is 5.95 Å². The van der Waals surface area contributed by atoms with Crippen LogP contribution in [0.5, 0.6) is 11.5 Å². The number of carbonyl (C=O) groups excluding carboxylic acids is 1. The summed E-state index contributed by atoms with van der Waals surface area (Å²) in [5.74, 6) is 1.91. The zero-order chi connectivity index (χ0) is 19.1. The van der Waals surface area contributed by atoms with Crippen LogP contribution in [-0.4, -0.2) is 49.7 Å². The summed E-state index contributed by atoms with van der Waals surface area (Å²) >= 11 is 0. The van der Waals surface area contributed by atoms with Crippen molar-refractivity contribution < 1.29 is 14.3 Å². The number of amides is 1. The second-order valence-electron chi connectivity index (χ2n) is 6.51. The number of ether oxygens (including phenoxy) is 2. The molecule has 2 heterocycles. The van der Waals surface area contributed by atoms with Gasteiger partial charge in [0.25, 0.3) is 5.91 Å². The normalized spacial score (nSPS) is 13.9. The van der Waals surface area contributed by atoms with Crippen molar-refractivity contribution in [3.8, 4) is 11.5 Å². The van der Waals surface area contributed by atoms with Crippen molar-refractivity contribution in [1.29, 1.82) is 0 Å². The van der Waals surface area contributed by atoms with Crippen molar-refractivity contribution in [3.05, 3.63) is 41.7 Å². The van der Waals surface area contributed by atoms with Gasteiger partial charge in [0.05, 0.1) is 19.8 Å². The fourth-order valence-electron chi connectivity index (χ4n) is 3.15. The molecular formula is C20H26N4O3. The molecule has 7 nitrogen and oxygen atoms in total. The molecule has 0 saturated carbocycles. The second-order valence-corrected chi connectivity index (χ2v) is 6.51. The number of hydrogen-bond donors (Lipinski definition) is 1. The van der Waals surface area contributed by atoms with E-state index in [1.807, 2.05) is 18.2 Å². The monoisotopic (exact) mass is 370 g/mol. The summed E-state index contributed by atoms with van der Waals surface area (Å²) in [6.07, 6.45) is 7.49. The van der Waals surface area contributed by atoms with Gasteiger partial charge in [0, 0.05) is 32.0 Å². The van der Waals surface area contributed by atoms with Crippen molar-refractivity contribution in [2.24, 2.45) is 0 Å². The molecule has 1 N–H and O–H groups in total. The second kappa shape index (κ2) is 9.21. The van der Waals surface area contributed by atoms with Gasteiger partial charge < -0.3 is 19.7 Å². The molecule has 0 bridgehead atoms. The fourth-order valence-corrected chi connectivity index (χ4v) is 3.15. The van der Waals surface area contributed by atoms with Crippen molar-refractivity contribution in [2.45, 2.75) is 25.7 Å². The average molecular weight is 370 g/mol. The Labute approximate surface area is 159 Å². The maximum absolute atomic E-state index is 12.3. The number of anilines is 1. The summed E-state index contributed by atoms with van der Waals surface area (Å²) in [5, 5.41) is 2.91.